The van der Waals surface area contributed by atoms with Crippen molar-refractivity contribution in [1.82, 2.24) is 20.3 Å². The summed E-state index contributed by atoms with van der Waals surface area (Å²) in [4.78, 5) is 31.2. The summed E-state index contributed by atoms with van der Waals surface area (Å²) in [7, 11) is -4.28. The smallest absolute Gasteiger partial charge is 0.251 e. The maximum absolute atomic E-state index is 14.4. The topological polar surface area (TPSA) is 127 Å². The summed E-state index contributed by atoms with van der Waals surface area (Å²) in [5.74, 6) is 1.73. The van der Waals surface area contributed by atoms with Crippen LogP contribution in [0.15, 0.2) is 53.7 Å². The molecule has 7 rings (SSSR count). The highest BCUT2D eigenvalue weighted by Gasteiger charge is 2.35. The predicted molar refractivity (Wildman–Crippen MR) is 162 cm³/mol. The van der Waals surface area contributed by atoms with E-state index in [2.05, 4.69) is 22.1 Å². The Labute approximate surface area is 253 Å². The minimum Gasteiger partial charge on any atom is -0.492 e. The van der Waals surface area contributed by atoms with Crippen LogP contribution in [0.4, 0.5) is 21.7 Å². The number of alkyl halides is 1. The number of carbonyl (C=O) groups excluding carboxylic acids is 1. The van der Waals surface area contributed by atoms with Gasteiger partial charge in [-0.1, -0.05) is 0 Å². The molecule has 4 aromatic rings. The number of hydrogen-bond donors (Lipinski definition) is 1. The van der Waals surface area contributed by atoms with Crippen LogP contribution in [-0.2, 0) is 16.4 Å². The number of sulfone groups is 1. The standard InChI is InChI=1S/C31H31FN6O5S/c1-18-11-21(12-26-29(18)43-9-6-27(32)44(26,40)41)31(39)35-16-22-13-24-20(15-33-22)3-4-28(36-24)38-8-10-42-25-14-23(17-34-30(25)38)37-7-5-19(37)2/h3-4,11-15,17,19,27H,5-10,16H2,1-2H3,(H,35,39)/t19-,27-/m1/s1. The van der Waals surface area contributed by atoms with E-state index in [0.29, 0.717) is 41.8 Å². The van der Waals surface area contributed by atoms with E-state index in [1.54, 1.807) is 19.2 Å². The van der Waals surface area contributed by atoms with Gasteiger partial charge in [0.05, 0.1) is 42.8 Å². The van der Waals surface area contributed by atoms with Crippen LogP contribution < -0.4 is 24.6 Å². The van der Waals surface area contributed by atoms with E-state index in [1.807, 2.05) is 29.3 Å². The van der Waals surface area contributed by atoms with E-state index >= 15 is 0 Å². The van der Waals surface area contributed by atoms with Crippen LogP contribution in [0.3, 0.4) is 0 Å². The zero-order valence-electron chi connectivity index (χ0n) is 24.3. The third kappa shape index (κ3) is 4.94. The Kier molecular flexibility index (Phi) is 6.99. The van der Waals surface area contributed by atoms with Crippen molar-refractivity contribution in [1.29, 1.82) is 0 Å². The molecule has 0 aliphatic carbocycles. The molecule has 13 heteroatoms. The van der Waals surface area contributed by atoms with Gasteiger partial charge in [0.25, 0.3) is 5.91 Å². The Morgan fingerprint density at radius 2 is 1.93 bits per heavy atom. The van der Waals surface area contributed by atoms with E-state index in [-0.39, 0.29) is 35.8 Å². The summed E-state index contributed by atoms with van der Waals surface area (Å²) in [6.45, 7) is 5.95. The van der Waals surface area contributed by atoms with Crippen molar-refractivity contribution < 1.29 is 27.1 Å². The number of halogens is 1. The second-order valence-electron chi connectivity index (χ2n) is 11.3. The fourth-order valence-corrected chi connectivity index (χ4v) is 7.20. The van der Waals surface area contributed by atoms with Gasteiger partial charge < -0.3 is 24.6 Å². The van der Waals surface area contributed by atoms with Gasteiger partial charge in [-0.3, -0.25) is 9.78 Å². The monoisotopic (exact) mass is 618 g/mol. The first kappa shape index (κ1) is 28.3. The van der Waals surface area contributed by atoms with Gasteiger partial charge in [0, 0.05) is 42.2 Å². The Morgan fingerprint density at radius 3 is 2.73 bits per heavy atom. The highest BCUT2D eigenvalue weighted by Crippen LogP contribution is 2.39. The van der Waals surface area contributed by atoms with Gasteiger partial charge in [0.2, 0.25) is 15.3 Å². The lowest BCUT2D eigenvalue weighted by atomic mass is 10.0. The lowest BCUT2D eigenvalue weighted by Crippen LogP contribution is -2.45. The van der Waals surface area contributed by atoms with Gasteiger partial charge in [0.15, 0.2) is 11.6 Å². The van der Waals surface area contributed by atoms with Crippen LogP contribution in [0.2, 0.25) is 0 Å². The summed E-state index contributed by atoms with van der Waals surface area (Å²) < 4.78 is 51.3. The Morgan fingerprint density at radius 1 is 1.07 bits per heavy atom. The lowest BCUT2D eigenvalue weighted by Gasteiger charge is -2.41. The number of hydrogen-bond acceptors (Lipinski definition) is 10. The second kappa shape index (κ2) is 10.9. The number of ether oxygens (including phenoxy) is 2. The van der Waals surface area contributed by atoms with Gasteiger partial charge in [-0.2, -0.15) is 0 Å². The van der Waals surface area contributed by atoms with E-state index < -0.39 is 21.2 Å². The first-order valence-electron chi connectivity index (χ1n) is 14.6. The molecule has 0 bridgehead atoms. The number of nitrogens with one attached hydrogen (secondary N) is 1. The predicted octanol–water partition coefficient (Wildman–Crippen LogP) is 4.24. The van der Waals surface area contributed by atoms with Crippen LogP contribution in [0.5, 0.6) is 11.5 Å². The molecule has 0 spiro atoms. The second-order valence-corrected chi connectivity index (χ2v) is 13.3. The number of benzene rings is 1. The van der Waals surface area contributed by atoms with Gasteiger partial charge >= 0.3 is 0 Å². The minimum atomic E-state index is -4.28. The Bertz CT molecular complexity index is 1900. The molecule has 44 heavy (non-hydrogen) atoms. The SMILES string of the molecule is Cc1cc(C(=O)NCc2cc3nc(N4CCOc5cc(N6CC[C@H]6C)cnc54)ccc3cn2)cc2c1OCC[C@H](F)S2(=O)=O. The third-order valence-electron chi connectivity index (χ3n) is 8.36. The van der Waals surface area contributed by atoms with Crippen molar-refractivity contribution in [3.63, 3.8) is 0 Å². The van der Waals surface area contributed by atoms with Gasteiger partial charge in [0.1, 0.15) is 23.1 Å². The zero-order valence-corrected chi connectivity index (χ0v) is 25.1. The van der Waals surface area contributed by atoms with Crippen molar-refractivity contribution in [2.45, 2.75) is 49.7 Å². The third-order valence-corrected chi connectivity index (χ3v) is 10.2. The average molecular weight is 619 g/mol. The molecule has 1 fully saturated rings. The Balaban J connectivity index is 1.11. The first-order valence-corrected chi connectivity index (χ1v) is 16.1. The molecule has 1 N–H and O–H groups in total. The minimum absolute atomic E-state index is 0.0588. The summed E-state index contributed by atoms with van der Waals surface area (Å²) in [5, 5.41) is 3.62. The molecule has 0 saturated carbocycles. The molecular formula is C31H31FN6O5S. The highest BCUT2D eigenvalue weighted by molar-refractivity contribution is 7.92. The molecule has 0 radical (unpaired) electrons. The molecule has 6 heterocycles. The molecule has 1 aromatic carbocycles. The van der Waals surface area contributed by atoms with E-state index in [4.69, 9.17) is 19.4 Å². The van der Waals surface area contributed by atoms with Crippen molar-refractivity contribution >= 4 is 44.0 Å². The molecular weight excluding hydrogens is 587 g/mol. The summed E-state index contributed by atoms with van der Waals surface area (Å²) in [6, 6.07) is 10.9. The molecule has 0 unspecified atom stereocenters. The number of fused-ring (bicyclic) bond motifs is 3. The van der Waals surface area contributed by atoms with Crippen molar-refractivity contribution in [3.8, 4) is 11.5 Å². The number of nitrogens with zero attached hydrogens (tertiary/aromatic N) is 5. The molecule has 1 saturated heterocycles. The zero-order chi connectivity index (χ0) is 30.6. The summed E-state index contributed by atoms with van der Waals surface area (Å²) in [6.07, 6.45) is 4.47. The molecule has 228 valence electrons. The van der Waals surface area contributed by atoms with E-state index in [9.17, 15) is 17.6 Å². The molecule has 3 aromatic heterocycles. The summed E-state index contributed by atoms with van der Waals surface area (Å²) in [5.41, 5.74) is 0.755. The number of anilines is 3. The van der Waals surface area contributed by atoms with Crippen LogP contribution >= 0.6 is 0 Å². The van der Waals surface area contributed by atoms with Crippen molar-refractivity contribution in [3.05, 3.63) is 65.6 Å². The van der Waals surface area contributed by atoms with E-state index in [1.165, 1.54) is 18.6 Å². The lowest BCUT2D eigenvalue weighted by molar-refractivity contribution is 0.0950. The molecule has 2 atom stereocenters. The van der Waals surface area contributed by atoms with Crippen molar-refractivity contribution in [2.24, 2.45) is 0 Å². The fraction of sp³-hybridized carbons (Fsp3) is 0.355. The van der Waals surface area contributed by atoms with Gasteiger partial charge in [-0.25, -0.2) is 22.8 Å². The molecule has 3 aliphatic rings. The van der Waals surface area contributed by atoms with Crippen LogP contribution in [-0.4, -0.2) is 67.1 Å². The van der Waals surface area contributed by atoms with E-state index in [0.717, 1.165) is 29.2 Å². The number of amides is 1. The van der Waals surface area contributed by atoms with Gasteiger partial charge in [-0.15, -0.1) is 0 Å². The number of carbonyl (C=O) groups is 1. The number of aromatic nitrogens is 3. The maximum atomic E-state index is 14.4. The number of aryl methyl sites for hydroxylation is 1. The molecule has 1 amide bonds. The molecule has 3 aliphatic heterocycles. The highest BCUT2D eigenvalue weighted by atomic mass is 32.2. The van der Waals surface area contributed by atoms with Gasteiger partial charge in [-0.05, 0) is 56.2 Å². The number of pyridine rings is 3. The summed E-state index contributed by atoms with van der Waals surface area (Å²) >= 11 is 0. The fourth-order valence-electron chi connectivity index (χ4n) is 5.75. The quantitative estimate of drug-likeness (QED) is 0.347. The normalized spacial score (nSPS) is 20.4. The van der Waals surface area contributed by atoms with Crippen LogP contribution in [0, 0.1) is 6.92 Å². The average Bonchev–Trinajstić information content (AvgIpc) is 3.13. The number of rotatable bonds is 5. The van der Waals surface area contributed by atoms with Crippen molar-refractivity contribution in [2.75, 3.05) is 36.1 Å². The maximum Gasteiger partial charge on any atom is 0.251 e. The van der Waals surface area contributed by atoms with Crippen LogP contribution in [0.25, 0.3) is 10.9 Å². The largest absolute Gasteiger partial charge is 0.492 e. The Hall–Kier alpha value is -4.52. The first-order chi connectivity index (χ1) is 21.2. The van der Waals surface area contributed by atoms with Crippen LogP contribution in [0.1, 0.15) is 41.4 Å². The molecule has 11 nitrogen and oxygen atoms in total.